The van der Waals surface area contributed by atoms with Crippen LogP contribution >= 0.6 is 31.9 Å². The van der Waals surface area contributed by atoms with Crippen LogP contribution in [0.1, 0.15) is 72.1 Å². The highest BCUT2D eigenvalue weighted by molar-refractivity contribution is 9.10. The standard InChI is InChI=1S/C23H32Br2O5/c1-13(26)30-15-6-8-20(2)14(10-15)4-5-17-16-7-9-22(29,19(28)12-24)21(16,3)11-18(27)23(17,20)25/h14-17,29H,4-12H2,1-3H3/t14-,15-,16-,17-,20-,21-,22-,23-/m0/s1. The first kappa shape index (κ1) is 22.9. The van der Waals surface area contributed by atoms with Gasteiger partial charge in [0.25, 0.3) is 0 Å². The molecule has 8 atom stereocenters. The van der Waals surface area contributed by atoms with Crippen LogP contribution < -0.4 is 0 Å². The molecule has 0 heterocycles. The van der Waals surface area contributed by atoms with Gasteiger partial charge in [-0.2, -0.15) is 0 Å². The number of ketones is 2. The summed E-state index contributed by atoms with van der Waals surface area (Å²) < 4.78 is 4.88. The number of fused-ring (bicyclic) bond motifs is 5. The van der Waals surface area contributed by atoms with Crippen LogP contribution in [0.3, 0.4) is 0 Å². The summed E-state index contributed by atoms with van der Waals surface area (Å²) in [4.78, 5) is 38.0. The van der Waals surface area contributed by atoms with Gasteiger partial charge in [-0.15, -0.1) is 0 Å². The quantitative estimate of drug-likeness (QED) is 0.419. The number of ether oxygens (including phenoxy) is 1. The van der Waals surface area contributed by atoms with E-state index in [1.165, 1.54) is 6.92 Å². The summed E-state index contributed by atoms with van der Waals surface area (Å²) in [6.07, 6.45) is 5.64. The van der Waals surface area contributed by atoms with E-state index in [0.29, 0.717) is 12.3 Å². The van der Waals surface area contributed by atoms with Gasteiger partial charge in [0.2, 0.25) is 0 Å². The second-order valence-corrected chi connectivity index (χ2v) is 12.4. The Morgan fingerprint density at radius 3 is 2.43 bits per heavy atom. The first-order valence-corrected chi connectivity index (χ1v) is 13.1. The van der Waals surface area contributed by atoms with Gasteiger partial charge >= 0.3 is 5.97 Å². The average molecular weight is 548 g/mol. The molecule has 0 aromatic carbocycles. The Hall–Kier alpha value is -0.270. The van der Waals surface area contributed by atoms with Gasteiger partial charge in [-0.3, -0.25) is 14.4 Å². The fourth-order valence-corrected chi connectivity index (χ4v) is 9.53. The van der Waals surface area contributed by atoms with Gasteiger partial charge in [-0.1, -0.05) is 45.7 Å². The molecule has 0 aromatic heterocycles. The van der Waals surface area contributed by atoms with Crippen LogP contribution in [0.2, 0.25) is 0 Å². The molecule has 0 saturated heterocycles. The lowest BCUT2D eigenvalue weighted by atomic mass is 9.43. The van der Waals surface area contributed by atoms with Crippen molar-refractivity contribution >= 4 is 49.4 Å². The zero-order valence-electron chi connectivity index (χ0n) is 18.0. The summed E-state index contributed by atoms with van der Waals surface area (Å²) in [5, 5.41) is 11.5. The van der Waals surface area contributed by atoms with E-state index in [1.807, 2.05) is 6.92 Å². The van der Waals surface area contributed by atoms with E-state index in [0.717, 1.165) is 38.5 Å². The molecule has 4 saturated carbocycles. The van der Waals surface area contributed by atoms with E-state index in [1.54, 1.807) is 0 Å². The number of Topliss-reactive ketones (excluding diaryl/α,β-unsaturated/α-hetero) is 2. The van der Waals surface area contributed by atoms with Gasteiger partial charge in [0.15, 0.2) is 11.6 Å². The van der Waals surface area contributed by atoms with E-state index in [2.05, 4.69) is 38.8 Å². The van der Waals surface area contributed by atoms with Crippen LogP contribution in [0.15, 0.2) is 0 Å². The number of hydrogen-bond acceptors (Lipinski definition) is 5. The predicted molar refractivity (Wildman–Crippen MR) is 120 cm³/mol. The molecule has 1 N–H and O–H groups in total. The topological polar surface area (TPSA) is 80.7 Å². The van der Waals surface area contributed by atoms with Crippen LogP contribution in [0.5, 0.6) is 0 Å². The highest BCUT2D eigenvalue weighted by Crippen LogP contribution is 2.71. The third kappa shape index (κ3) is 2.83. The summed E-state index contributed by atoms with van der Waals surface area (Å²) in [6.45, 7) is 5.65. The minimum absolute atomic E-state index is 0.0645. The number of carbonyl (C=O) groups is 3. The molecule has 0 aliphatic heterocycles. The second-order valence-electron chi connectivity index (χ2n) is 10.6. The molecular formula is C23H32Br2O5. The lowest BCUT2D eigenvalue weighted by molar-refractivity contribution is -0.174. The number of carbonyl (C=O) groups excluding carboxylic acids is 3. The molecule has 0 unspecified atom stereocenters. The lowest BCUT2D eigenvalue weighted by Gasteiger charge is -2.64. The van der Waals surface area contributed by atoms with Gasteiger partial charge in [-0.05, 0) is 68.1 Å². The van der Waals surface area contributed by atoms with E-state index >= 15 is 0 Å². The van der Waals surface area contributed by atoms with Gasteiger partial charge in [0.05, 0.1) is 9.65 Å². The minimum Gasteiger partial charge on any atom is -0.463 e. The molecule has 0 amide bonds. The number of rotatable bonds is 3. The first-order chi connectivity index (χ1) is 13.9. The van der Waals surface area contributed by atoms with Crippen molar-refractivity contribution in [1.29, 1.82) is 0 Å². The summed E-state index contributed by atoms with van der Waals surface area (Å²) in [5.41, 5.74) is -2.37. The zero-order chi connectivity index (χ0) is 22.1. The number of hydrogen-bond donors (Lipinski definition) is 1. The molecule has 168 valence electrons. The van der Waals surface area contributed by atoms with Crippen LogP contribution in [-0.2, 0) is 19.1 Å². The molecule has 0 aromatic rings. The average Bonchev–Trinajstić information content (AvgIpc) is 2.94. The molecule has 0 bridgehead atoms. The Morgan fingerprint density at radius 2 is 1.80 bits per heavy atom. The van der Waals surface area contributed by atoms with Crippen molar-refractivity contribution in [2.24, 2.45) is 28.6 Å². The summed E-state index contributed by atoms with van der Waals surface area (Å²) in [6, 6.07) is 0. The highest BCUT2D eigenvalue weighted by atomic mass is 79.9. The van der Waals surface area contributed by atoms with E-state index in [9.17, 15) is 19.5 Å². The third-order valence-electron chi connectivity index (χ3n) is 9.52. The SMILES string of the molecule is CC(=O)O[C@H]1CC[C@@]2(C)[C@@H](CC[C@H]3[C@@H]4CC[C@](O)(C(=O)CBr)[C@@]4(C)CC(=O)[C@@]32Br)C1. The fourth-order valence-electron chi connectivity index (χ4n) is 7.85. The molecule has 0 radical (unpaired) electrons. The maximum Gasteiger partial charge on any atom is 0.302 e. The molecule has 4 aliphatic carbocycles. The normalized spacial score (nSPS) is 50.3. The zero-order valence-corrected chi connectivity index (χ0v) is 21.2. The van der Waals surface area contributed by atoms with Gasteiger partial charge in [0, 0.05) is 18.8 Å². The summed E-state index contributed by atoms with van der Waals surface area (Å²) >= 11 is 7.26. The largest absolute Gasteiger partial charge is 0.463 e. The van der Waals surface area contributed by atoms with Crippen molar-refractivity contribution < 1.29 is 24.2 Å². The second kappa shape index (κ2) is 7.38. The van der Waals surface area contributed by atoms with E-state index < -0.39 is 15.3 Å². The molecule has 4 fully saturated rings. The Labute approximate surface area is 195 Å². The monoisotopic (exact) mass is 546 g/mol. The molecule has 4 rings (SSSR count). The molecule has 7 heteroatoms. The minimum atomic E-state index is -1.43. The van der Waals surface area contributed by atoms with Gasteiger partial charge < -0.3 is 9.84 Å². The van der Waals surface area contributed by atoms with E-state index in [-0.39, 0.29) is 52.6 Å². The Balaban J connectivity index is 1.68. The Kier molecular flexibility index (Phi) is 5.63. The summed E-state index contributed by atoms with van der Waals surface area (Å²) in [7, 11) is 0. The number of alkyl halides is 2. The molecule has 30 heavy (non-hydrogen) atoms. The molecule has 4 aliphatic rings. The van der Waals surface area contributed by atoms with Crippen molar-refractivity contribution in [3.63, 3.8) is 0 Å². The third-order valence-corrected chi connectivity index (χ3v) is 12.0. The van der Waals surface area contributed by atoms with Crippen molar-refractivity contribution in [2.45, 2.75) is 88.2 Å². The van der Waals surface area contributed by atoms with Crippen molar-refractivity contribution in [3.05, 3.63) is 0 Å². The van der Waals surface area contributed by atoms with Crippen molar-refractivity contribution in [3.8, 4) is 0 Å². The number of esters is 1. The maximum atomic E-state index is 13.8. The van der Waals surface area contributed by atoms with Crippen LogP contribution in [0.25, 0.3) is 0 Å². The molecule has 5 nitrogen and oxygen atoms in total. The molecule has 0 spiro atoms. The Bertz CT molecular complexity index is 786. The Morgan fingerprint density at radius 1 is 1.10 bits per heavy atom. The number of halogens is 2. The van der Waals surface area contributed by atoms with Gasteiger partial charge in [0.1, 0.15) is 11.7 Å². The summed E-state index contributed by atoms with van der Waals surface area (Å²) in [5.74, 6) is 0.233. The van der Waals surface area contributed by atoms with Crippen LogP contribution in [-0.4, -0.2) is 44.0 Å². The number of aliphatic hydroxyl groups is 1. The lowest BCUT2D eigenvalue weighted by Crippen LogP contribution is -2.69. The van der Waals surface area contributed by atoms with Crippen LogP contribution in [0, 0.1) is 28.6 Å². The van der Waals surface area contributed by atoms with Crippen molar-refractivity contribution in [2.75, 3.05) is 5.33 Å². The van der Waals surface area contributed by atoms with Gasteiger partial charge in [-0.25, -0.2) is 0 Å². The predicted octanol–water partition coefficient (Wildman–Crippen LogP) is 4.35. The fraction of sp³-hybridized carbons (Fsp3) is 0.870. The van der Waals surface area contributed by atoms with E-state index in [4.69, 9.17) is 4.74 Å². The molecular weight excluding hydrogens is 516 g/mol. The smallest absolute Gasteiger partial charge is 0.302 e. The van der Waals surface area contributed by atoms with Crippen LogP contribution in [0.4, 0.5) is 0 Å². The maximum absolute atomic E-state index is 13.8. The highest BCUT2D eigenvalue weighted by Gasteiger charge is 2.73. The first-order valence-electron chi connectivity index (χ1n) is 11.1. The van der Waals surface area contributed by atoms with Crippen molar-refractivity contribution in [1.82, 2.24) is 0 Å².